The van der Waals surface area contributed by atoms with Gasteiger partial charge in [0.1, 0.15) is 0 Å². The highest BCUT2D eigenvalue weighted by atomic mass is 127. The lowest BCUT2D eigenvalue weighted by Gasteiger charge is -2.39. The molecule has 2 unspecified atom stereocenters. The van der Waals surface area contributed by atoms with Gasteiger partial charge in [0.05, 0.1) is 6.54 Å². The Morgan fingerprint density at radius 3 is 2.30 bits per heavy atom. The molecule has 27 heavy (non-hydrogen) atoms. The summed E-state index contributed by atoms with van der Waals surface area (Å²) >= 11 is 0. The third-order valence-corrected chi connectivity index (χ3v) is 5.93. The summed E-state index contributed by atoms with van der Waals surface area (Å²) in [6.07, 6.45) is 2.65. The van der Waals surface area contributed by atoms with E-state index < -0.39 is 0 Å². The Kier molecular flexibility index (Phi) is 11.5. The molecule has 5 nitrogen and oxygen atoms in total. The molecule has 6 heteroatoms. The minimum absolute atomic E-state index is 0. The summed E-state index contributed by atoms with van der Waals surface area (Å²) in [6, 6.07) is 0.548. The van der Waals surface area contributed by atoms with E-state index >= 15 is 0 Å². The van der Waals surface area contributed by atoms with Gasteiger partial charge in [-0.15, -0.1) is 24.0 Å². The molecular formula is C21H44IN5. The number of rotatable bonds is 7. The van der Waals surface area contributed by atoms with Crippen molar-refractivity contribution in [2.45, 2.75) is 53.5 Å². The van der Waals surface area contributed by atoms with Crippen LogP contribution in [0.3, 0.4) is 0 Å². The van der Waals surface area contributed by atoms with Gasteiger partial charge in [-0.05, 0) is 44.6 Å². The second kappa shape index (κ2) is 12.5. The molecule has 2 fully saturated rings. The standard InChI is InChI=1S/C21H43N5.HI/c1-7-22-21(26-9-8-19(16-26)14-17(2)3)23-15-20(18(4)5)25-12-10-24(6)11-13-25;/h17-20H,7-16H2,1-6H3,(H,22,23);1H. The van der Waals surface area contributed by atoms with Crippen LogP contribution in [-0.4, -0.2) is 86.1 Å². The zero-order valence-corrected chi connectivity index (χ0v) is 20.9. The fourth-order valence-electron chi connectivity index (χ4n) is 4.39. The van der Waals surface area contributed by atoms with E-state index in [0.29, 0.717) is 12.0 Å². The molecule has 0 aromatic rings. The van der Waals surface area contributed by atoms with Crippen molar-refractivity contribution < 1.29 is 0 Å². The number of hydrogen-bond donors (Lipinski definition) is 1. The van der Waals surface area contributed by atoms with Crippen LogP contribution in [0.4, 0.5) is 0 Å². The maximum absolute atomic E-state index is 5.10. The van der Waals surface area contributed by atoms with E-state index in [1.54, 1.807) is 0 Å². The van der Waals surface area contributed by atoms with Crippen molar-refractivity contribution in [3.8, 4) is 0 Å². The van der Waals surface area contributed by atoms with Gasteiger partial charge in [-0.25, -0.2) is 0 Å². The van der Waals surface area contributed by atoms with Crippen molar-refractivity contribution in [3.05, 3.63) is 0 Å². The smallest absolute Gasteiger partial charge is 0.193 e. The summed E-state index contributed by atoms with van der Waals surface area (Å²) in [6.45, 7) is 20.4. The Hall–Kier alpha value is -0.0800. The minimum Gasteiger partial charge on any atom is -0.357 e. The van der Waals surface area contributed by atoms with Crippen molar-refractivity contribution in [1.82, 2.24) is 20.0 Å². The summed E-state index contributed by atoms with van der Waals surface area (Å²) in [5.41, 5.74) is 0. The van der Waals surface area contributed by atoms with Crippen LogP contribution < -0.4 is 5.32 Å². The Morgan fingerprint density at radius 2 is 1.74 bits per heavy atom. The quantitative estimate of drug-likeness (QED) is 0.336. The van der Waals surface area contributed by atoms with Crippen molar-refractivity contribution in [3.63, 3.8) is 0 Å². The van der Waals surface area contributed by atoms with Gasteiger partial charge in [0.2, 0.25) is 0 Å². The van der Waals surface area contributed by atoms with Crippen LogP contribution in [0.15, 0.2) is 4.99 Å². The average molecular weight is 494 g/mol. The van der Waals surface area contributed by atoms with Crippen molar-refractivity contribution in [1.29, 1.82) is 0 Å². The number of nitrogens with zero attached hydrogens (tertiary/aromatic N) is 4. The third-order valence-electron chi connectivity index (χ3n) is 5.93. The van der Waals surface area contributed by atoms with Crippen LogP contribution in [0.5, 0.6) is 0 Å². The minimum atomic E-state index is 0. The summed E-state index contributed by atoms with van der Waals surface area (Å²) in [5, 5.41) is 3.55. The molecule has 2 aliphatic rings. The Bertz CT molecular complexity index is 432. The topological polar surface area (TPSA) is 34.1 Å². The molecule has 0 aromatic heterocycles. The number of guanidine groups is 1. The van der Waals surface area contributed by atoms with Crippen LogP contribution >= 0.6 is 24.0 Å². The molecule has 0 bridgehead atoms. The number of nitrogens with one attached hydrogen (secondary N) is 1. The summed E-state index contributed by atoms with van der Waals surface area (Å²) < 4.78 is 0. The molecular weight excluding hydrogens is 449 g/mol. The highest BCUT2D eigenvalue weighted by molar-refractivity contribution is 14.0. The first kappa shape index (κ1) is 25.0. The zero-order chi connectivity index (χ0) is 19.1. The third kappa shape index (κ3) is 8.05. The predicted molar refractivity (Wildman–Crippen MR) is 128 cm³/mol. The molecule has 0 spiro atoms. The first-order chi connectivity index (χ1) is 12.4. The lowest BCUT2D eigenvalue weighted by molar-refractivity contribution is 0.0924. The van der Waals surface area contributed by atoms with E-state index in [9.17, 15) is 0 Å². The summed E-state index contributed by atoms with van der Waals surface area (Å²) in [5.74, 6) is 3.40. The summed E-state index contributed by atoms with van der Waals surface area (Å²) in [7, 11) is 2.23. The zero-order valence-electron chi connectivity index (χ0n) is 18.6. The molecule has 2 atom stereocenters. The molecule has 2 rings (SSSR count). The van der Waals surface area contributed by atoms with Gasteiger partial charge in [0.25, 0.3) is 0 Å². The SMILES string of the molecule is CCNC(=NCC(C(C)C)N1CCN(C)CC1)N1CCC(CC(C)C)C1.I. The highest BCUT2D eigenvalue weighted by Crippen LogP contribution is 2.23. The van der Waals surface area contributed by atoms with Gasteiger partial charge in [-0.3, -0.25) is 9.89 Å². The van der Waals surface area contributed by atoms with Gasteiger partial charge >= 0.3 is 0 Å². The van der Waals surface area contributed by atoms with E-state index in [2.05, 4.69) is 61.7 Å². The Labute approximate surface area is 185 Å². The number of aliphatic imine (C=N–C) groups is 1. The van der Waals surface area contributed by atoms with E-state index in [1.165, 1.54) is 45.6 Å². The average Bonchev–Trinajstić information content (AvgIpc) is 3.03. The molecule has 160 valence electrons. The lowest BCUT2D eigenvalue weighted by Crippen LogP contribution is -2.52. The number of piperazine rings is 1. The van der Waals surface area contributed by atoms with Gasteiger partial charge in [-0.1, -0.05) is 27.7 Å². The molecule has 0 saturated carbocycles. The maximum atomic E-state index is 5.10. The summed E-state index contributed by atoms with van der Waals surface area (Å²) in [4.78, 5) is 12.7. The van der Waals surface area contributed by atoms with Crippen molar-refractivity contribution >= 4 is 29.9 Å². The van der Waals surface area contributed by atoms with Crippen LogP contribution in [0.1, 0.15) is 47.5 Å². The molecule has 2 saturated heterocycles. The highest BCUT2D eigenvalue weighted by Gasteiger charge is 2.27. The number of likely N-dealkylation sites (tertiary alicyclic amines) is 1. The largest absolute Gasteiger partial charge is 0.357 e. The van der Waals surface area contributed by atoms with Crippen LogP contribution in [0.2, 0.25) is 0 Å². The first-order valence-corrected chi connectivity index (χ1v) is 10.9. The van der Waals surface area contributed by atoms with Crippen LogP contribution in [0.25, 0.3) is 0 Å². The molecule has 0 aliphatic carbocycles. The molecule has 0 aromatic carbocycles. The number of hydrogen-bond acceptors (Lipinski definition) is 3. The van der Waals surface area contributed by atoms with Gasteiger partial charge in [-0.2, -0.15) is 0 Å². The fourth-order valence-corrected chi connectivity index (χ4v) is 4.39. The Balaban J connectivity index is 0.00000364. The maximum Gasteiger partial charge on any atom is 0.193 e. The van der Waals surface area contributed by atoms with E-state index in [-0.39, 0.29) is 24.0 Å². The first-order valence-electron chi connectivity index (χ1n) is 10.9. The molecule has 0 radical (unpaired) electrons. The lowest BCUT2D eigenvalue weighted by atomic mass is 9.97. The molecule has 0 amide bonds. The molecule has 2 aliphatic heterocycles. The van der Waals surface area contributed by atoms with Crippen molar-refractivity contribution in [2.24, 2.45) is 22.7 Å². The second-order valence-electron chi connectivity index (χ2n) is 9.08. The monoisotopic (exact) mass is 493 g/mol. The van der Waals surface area contributed by atoms with E-state index in [0.717, 1.165) is 37.4 Å². The number of likely N-dealkylation sites (N-methyl/N-ethyl adjacent to an activating group) is 1. The van der Waals surface area contributed by atoms with Crippen molar-refractivity contribution in [2.75, 3.05) is 59.4 Å². The number of halogens is 1. The normalized spacial score (nSPS) is 23.8. The van der Waals surface area contributed by atoms with E-state index in [4.69, 9.17) is 4.99 Å². The van der Waals surface area contributed by atoms with Gasteiger partial charge in [0.15, 0.2) is 5.96 Å². The molecule has 2 heterocycles. The van der Waals surface area contributed by atoms with Crippen LogP contribution in [-0.2, 0) is 0 Å². The second-order valence-corrected chi connectivity index (χ2v) is 9.08. The molecule has 1 N–H and O–H groups in total. The van der Waals surface area contributed by atoms with Gasteiger partial charge < -0.3 is 15.1 Å². The van der Waals surface area contributed by atoms with E-state index in [1.807, 2.05) is 0 Å². The van der Waals surface area contributed by atoms with Gasteiger partial charge in [0, 0.05) is 51.9 Å². The Morgan fingerprint density at radius 1 is 1.07 bits per heavy atom. The fraction of sp³-hybridized carbons (Fsp3) is 0.952. The predicted octanol–water partition coefficient (Wildman–Crippen LogP) is 3.21. The van der Waals surface area contributed by atoms with Crippen LogP contribution in [0, 0.1) is 17.8 Å².